The van der Waals surface area contributed by atoms with Crippen LogP contribution in [0.3, 0.4) is 0 Å². The van der Waals surface area contributed by atoms with Crippen LogP contribution in [0.1, 0.15) is 59.3 Å². The quantitative estimate of drug-likeness (QED) is 0.401. The molecule has 2 aliphatic rings. The number of hydrogen-bond acceptors (Lipinski definition) is 6. The SMILES string of the molecule is Cl.O=C(c1ccc(C(O)=c2c(Cc3ccccc3)nc3nccn3c2=O)cc1)N1CCC(N2CCCCC2)CC1. The van der Waals surface area contributed by atoms with E-state index >= 15 is 0 Å². The minimum absolute atomic E-state index is 0. The first-order valence-electron chi connectivity index (χ1n) is 13.9. The Kier molecular flexibility index (Phi) is 8.47. The van der Waals surface area contributed by atoms with E-state index in [0.717, 1.165) is 31.5 Å². The van der Waals surface area contributed by atoms with Crippen LogP contribution in [0.4, 0.5) is 0 Å². The Hall–Kier alpha value is -3.75. The molecule has 4 aromatic rings. The minimum Gasteiger partial charge on any atom is -0.506 e. The summed E-state index contributed by atoms with van der Waals surface area (Å²) in [6.45, 7) is 3.89. The average molecular weight is 560 g/mol. The number of likely N-dealkylation sites (tertiary alicyclic amines) is 2. The molecule has 1 amide bonds. The lowest BCUT2D eigenvalue weighted by Crippen LogP contribution is -2.48. The number of hydrogen-bond donors (Lipinski definition) is 1. The molecular weight excluding hydrogens is 526 g/mol. The molecule has 0 atom stereocenters. The monoisotopic (exact) mass is 559 g/mol. The van der Waals surface area contributed by atoms with Gasteiger partial charge in [-0.1, -0.05) is 48.9 Å². The highest BCUT2D eigenvalue weighted by Crippen LogP contribution is 2.22. The normalized spacial score (nSPS) is 17.4. The fourth-order valence-electron chi connectivity index (χ4n) is 5.93. The van der Waals surface area contributed by atoms with E-state index in [1.165, 1.54) is 42.9 Å². The van der Waals surface area contributed by atoms with Gasteiger partial charge in [0.15, 0.2) is 0 Å². The van der Waals surface area contributed by atoms with Gasteiger partial charge < -0.3 is 14.9 Å². The Balaban J connectivity index is 0.00000323. The summed E-state index contributed by atoms with van der Waals surface area (Å²) < 4.78 is 1.34. The number of amides is 1. The molecule has 0 bridgehead atoms. The van der Waals surface area contributed by atoms with Gasteiger partial charge >= 0.3 is 0 Å². The lowest BCUT2D eigenvalue weighted by Gasteiger charge is -2.40. The number of piperidine rings is 2. The van der Waals surface area contributed by atoms with Gasteiger partial charge in [-0.3, -0.25) is 9.59 Å². The first kappa shape index (κ1) is 27.8. The Morgan fingerprint density at radius 1 is 0.900 bits per heavy atom. The fraction of sp³-hybridized carbons (Fsp3) is 0.355. The van der Waals surface area contributed by atoms with Crippen molar-refractivity contribution in [1.29, 1.82) is 0 Å². The average Bonchev–Trinajstić information content (AvgIpc) is 3.47. The molecule has 8 nitrogen and oxygen atoms in total. The molecule has 2 saturated heterocycles. The zero-order valence-electron chi connectivity index (χ0n) is 22.4. The van der Waals surface area contributed by atoms with Crippen LogP contribution in [-0.2, 0) is 6.42 Å². The van der Waals surface area contributed by atoms with E-state index in [1.807, 2.05) is 35.2 Å². The van der Waals surface area contributed by atoms with Crippen LogP contribution in [0.5, 0.6) is 0 Å². The van der Waals surface area contributed by atoms with Crippen molar-refractivity contribution in [3.63, 3.8) is 0 Å². The summed E-state index contributed by atoms with van der Waals surface area (Å²) in [6, 6.07) is 17.1. The molecular formula is C31H34ClN5O3. The number of nitrogens with zero attached hydrogens (tertiary/aromatic N) is 5. The smallest absolute Gasteiger partial charge is 0.270 e. The van der Waals surface area contributed by atoms with Gasteiger partial charge in [-0.05, 0) is 56.5 Å². The van der Waals surface area contributed by atoms with Crippen LogP contribution >= 0.6 is 12.4 Å². The van der Waals surface area contributed by atoms with E-state index in [0.29, 0.717) is 35.1 Å². The van der Waals surface area contributed by atoms with E-state index in [1.54, 1.807) is 30.5 Å². The molecule has 2 aliphatic heterocycles. The Morgan fingerprint density at radius 2 is 1.57 bits per heavy atom. The standard InChI is InChI=1S/C31H33N5O3.ClH/c37-28(27-26(21-22-7-3-1-4-8-22)33-31-32-15-20-36(31)30(27)39)23-9-11-24(12-10-23)29(38)35-18-13-25(14-19-35)34-16-5-2-6-17-34;/h1,3-4,7-12,15,20,25,37H,2,5-6,13-14,16-19,21H2;1H. The predicted octanol–water partition coefficient (Wildman–Crippen LogP) is 3.63. The van der Waals surface area contributed by atoms with Crippen molar-refractivity contribution in [1.82, 2.24) is 24.2 Å². The third-order valence-electron chi connectivity index (χ3n) is 8.09. The van der Waals surface area contributed by atoms with Gasteiger partial charge in [-0.25, -0.2) is 14.4 Å². The number of carbonyl (C=O) groups is 1. The molecule has 9 heteroatoms. The zero-order chi connectivity index (χ0) is 26.8. The molecule has 6 rings (SSSR count). The number of imidazole rings is 1. The number of benzene rings is 2. The third kappa shape index (κ3) is 5.60. The maximum atomic E-state index is 13.4. The van der Waals surface area contributed by atoms with Crippen molar-refractivity contribution in [3.8, 4) is 0 Å². The molecule has 1 N–H and O–H groups in total. The summed E-state index contributed by atoms with van der Waals surface area (Å²) in [5.74, 6) is 0.150. The largest absolute Gasteiger partial charge is 0.506 e. The lowest BCUT2D eigenvalue weighted by atomic mass is 9.99. The maximum Gasteiger partial charge on any atom is 0.270 e. The second kappa shape index (κ2) is 12.2. The van der Waals surface area contributed by atoms with Gasteiger partial charge in [0.1, 0.15) is 11.0 Å². The minimum atomic E-state index is -0.377. The summed E-state index contributed by atoms with van der Waals surface area (Å²) >= 11 is 0. The second-order valence-electron chi connectivity index (χ2n) is 10.5. The van der Waals surface area contributed by atoms with Gasteiger partial charge in [-0.2, -0.15) is 0 Å². The summed E-state index contributed by atoms with van der Waals surface area (Å²) in [5, 5.41) is 11.4. The number of halogens is 1. The fourth-order valence-corrected chi connectivity index (χ4v) is 5.93. The van der Waals surface area contributed by atoms with Gasteiger partial charge in [0.25, 0.3) is 11.5 Å². The van der Waals surface area contributed by atoms with Crippen LogP contribution < -0.4 is 10.8 Å². The molecule has 0 saturated carbocycles. The summed E-state index contributed by atoms with van der Waals surface area (Å²) in [6.07, 6.45) is 9.36. The molecule has 2 fully saturated rings. The molecule has 2 aromatic carbocycles. The highest BCUT2D eigenvalue weighted by atomic mass is 35.5. The third-order valence-corrected chi connectivity index (χ3v) is 8.09. The van der Waals surface area contributed by atoms with Crippen molar-refractivity contribution in [2.45, 2.75) is 44.6 Å². The Labute approximate surface area is 239 Å². The summed E-state index contributed by atoms with van der Waals surface area (Å²) in [4.78, 5) is 39.9. The number of aliphatic hydroxyl groups excluding tert-OH is 1. The molecule has 4 heterocycles. The van der Waals surface area contributed by atoms with Gasteiger partial charge in [0, 0.05) is 49.1 Å². The van der Waals surface area contributed by atoms with Crippen LogP contribution in [0.15, 0.2) is 71.8 Å². The van der Waals surface area contributed by atoms with Crippen LogP contribution in [-0.4, -0.2) is 67.4 Å². The topological polar surface area (TPSA) is 91.0 Å². The van der Waals surface area contributed by atoms with Crippen molar-refractivity contribution in [2.75, 3.05) is 26.2 Å². The van der Waals surface area contributed by atoms with E-state index in [9.17, 15) is 14.7 Å². The highest BCUT2D eigenvalue weighted by Gasteiger charge is 2.28. The molecule has 0 spiro atoms. The number of aromatic nitrogens is 3. The summed E-state index contributed by atoms with van der Waals surface area (Å²) in [5.41, 5.74) is 2.09. The van der Waals surface area contributed by atoms with E-state index in [2.05, 4.69) is 14.9 Å². The second-order valence-corrected chi connectivity index (χ2v) is 10.5. The van der Waals surface area contributed by atoms with Crippen molar-refractivity contribution >= 4 is 29.9 Å². The lowest BCUT2D eigenvalue weighted by molar-refractivity contribution is 0.0590. The van der Waals surface area contributed by atoms with Crippen LogP contribution in [0.2, 0.25) is 0 Å². The molecule has 208 valence electrons. The van der Waals surface area contributed by atoms with E-state index in [4.69, 9.17) is 0 Å². The highest BCUT2D eigenvalue weighted by molar-refractivity contribution is 5.94. The molecule has 0 aliphatic carbocycles. The van der Waals surface area contributed by atoms with Crippen LogP contribution in [0.25, 0.3) is 11.5 Å². The molecule has 40 heavy (non-hydrogen) atoms. The van der Waals surface area contributed by atoms with Crippen molar-refractivity contribution in [2.24, 2.45) is 0 Å². The number of carbonyl (C=O) groups excluding carboxylic acids is 1. The molecule has 0 unspecified atom stereocenters. The van der Waals surface area contributed by atoms with Gasteiger partial charge in [0.2, 0.25) is 5.78 Å². The molecule has 0 radical (unpaired) electrons. The Morgan fingerprint density at radius 3 is 2.27 bits per heavy atom. The number of fused-ring (bicyclic) bond motifs is 1. The van der Waals surface area contributed by atoms with Crippen molar-refractivity contribution in [3.05, 3.63) is 105 Å². The van der Waals surface area contributed by atoms with E-state index in [-0.39, 0.29) is 34.9 Å². The Bertz CT molecular complexity index is 1580. The zero-order valence-corrected chi connectivity index (χ0v) is 23.2. The molecule has 2 aromatic heterocycles. The van der Waals surface area contributed by atoms with Crippen LogP contribution in [0, 0.1) is 0 Å². The number of aliphatic hydroxyl groups is 1. The number of rotatable bonds is 5. The predicted molar refractivity (Wildman–Crippen MR) is 157 cm³/mol. The first-order chi connectivity index (χ1) is 19.1. The summed E-state index contributed by atoms with van der Waals surface area (Å²) in [7, 11) is 0. The van der Waals surface area contributed by atoms with E-state index < -0.39 is 0 Å². The van der Waals surface area contributed by atoms with Crippen molar-refractivity contribution < 1.29 is 9.90 Å². The maximum absolute atomic E-state index is 13.4. The van der Waals surface area contributed by atoms with Gasteiger partial charge in [-0.15, -0.1) is 12.4 Å². The van der Waals surface area contributed by atoms with Gasteiger partial charge in [0.05, 0.1) is 5.69 Å². The first-order valence-corrected chi connectivity index (χ1v) is 13.9.